The summed E-state index contributed by atoms with van der Waals surface area (Å²) in [5, 5.41) is 11.8. The molecule has 1 heterocycles. The van der Waals surface area contributed by atoms with Crippen LogP contribution in [0, 0.1) is 11.3 Å². The van der Waals surface area contributed by atoms with Gasteiger partial charge < -0.3 is 15.3 Å². The fraction of sp³-hybridized carbons (Fsp3) is 0.833. The summed E-state index contributed by atoms with van der Waals surface area (Å²) in [6.07, 6.45) is 0.548. The second-order valence-corrected chi connectivity index (χ2v) is 5.81. The van der Waals surface area contributed by atoms with Crippen LogP contribution in [0.4, 0.5) is 4.79 Å². The van der Waals surface area contributed by atoms with Crippen molar-refractivity contribution in [2.45, 2.75) is 40.2 Å². The Morgan fingerprint density at radius 3 is 2.41 bits per heavy atom. The van der Waals surface area contributed by atoms with Crippen molar-refractivity contribution in [2.24, 2.45) is 11.3 Å². The van der Waals surface area contributed by atoms with Crippen molar-refractivity contribution in [3.63, 3.8) is 0 Å². The Labute approximate surface area is 102 Å². The van der Waals surface area contributed by atoms with E-state index in [2.05, 4.69) is 26.1 Å². The SMILES string of the molecule is CC(NC(=O)N1CCC(C(=O)O)C1)C(C)(C)C. The largest absolute Gasteiger partial charge is 0.481 e. The molecular formula is C12H22N2O3. The van der Waals surface area contributed by atoms with E-state index in [9.17, 15) is 9.59 Å². The number of carbonyl (C=O) groups excluding carboxylic acids is 1. The maximum absolute atomic E-state index is 11.9. The summed E-state index contributed by atoms with van der Waals surface area (Å²) in [7, 11) is 0. The zero-order chi connectivity index (χ0) is 13.2. The van der Waals surface area contributed by atoms with Crippen LogP contribution in [0.25, 0.3) is 0 Å². The van der Waals surface area contributed by atoms with E-state index in [-0.39, 0.29) is 17.5 Å². The Kier molecular flexibility index (Phi) is 4.01. The molecule has 17 heavy (non-hydrogen) atoms. The molecule has 0 aromatic heterocycles. The minimum atomic E-state index is -0.816. The van der Waals surface area contributed by atoms with Crippen molar-refractivity contribution < 1.29 is 14.7 Å². The average Bonchev–Trinajstić information content (AvgIpc) is 2.64. The molecule has 5 heteroatoms. The van der Waals surface area contributed by atoms with Crippen molar-refractivity contribution in [1.82, 2.24) is 10.2 Å². The molecule has 1 fully saturated rings. The van der Waals surface area contributed by atoms with E-state index in [1.54, 1.807) is 4.90 Å². The highest BCUT2D eigenvalue weighted by molar-refractivity contribution is 5.77. The zero-order valence-electron chi connectivity index (χ0n) is 11.0. The summed E-state index contributed by atoms with van der Waals surface area (Å²) in [5.74, 6) is -1.23. The van der Waals surface area contributed by atoms with Crippen molar-refractivity contribution in [3.05, 3.63) is 0 Å². The van der Waals surface area contributed by atoms with E-state index in [1.807, 2.05) is 6.92 Å². The predicted molar refractivity (Wildman–Crippen MR) is 64.8 cm³/mol. The van der Waals surface area contributed by atoms with Crippen LogP contribution in [0.3, 0.4) is 0 Å². The summed E-state index contributed by atoms with van der Waals surface area (Å²) in [6, 6.07) is -0.102. The number of aliphatic carboxylic acids is 1. The molecule has 1 aliphatic rings. The van der Waals surface area contributed by atoms with E-state index in [0.717, 1.165) is 0 Å². The van der Waals surface area contributed by atoms with Crippen LogP contribution in [0.2, 0.25) is 0 Å². The molecule has 2 N–H and O–H groups in total. The molecule has 0 aromatic rings. The molecule has 2 atom stereocenters. The molecule has 0 saturated carbocycles. The van der Waals surface area contributed by atoms with Gasteiger partial charge in [-0.05, 0) is 18.8 Å². The third-order valence-corrected chi connectivity index (χ3v) is 3.46. The summed E-state index contributed by atoms with van der Waals surface area (Å²) >= 11 is 0. The highest BCUT2D eigenvalue weighted by atomic mass is 16.4. The molecule has 98 valence electrons. The molecule has 1 rings (SSSR count). The molecule has 2 amide bonds. The monoisotopic (exact) mass is 242 g/mol. The fourth-order valence-corrected chi connectivity index (χ4v) is 1.64. The summed E-state index contributed by atoms with van der Waals surface area (Å²) in [5.41, 5.74) is 0.00157. The van der Waals surface area contributed by atoms with Gasteiger partial charge >= 0.3 is 12.0 Å². The van der Waals surface area contributed by atoms with Gasteiger partial charge in [0.2, 0.25) is 0 Å². The first kappa shape index (κ1) is 13.8. The molecule has 1 aliphatic heterocycles. The number of carboxylic acids is 1. The normalized spacial score (nSPS) is 22.4. The first-order valence-corrected chi connectivity index (χ1v) is 6.00. The number of amides is 2. The Morgan fingerprint density at radius 2 is 2.00 bits per heavy atom. The molecule has 0 aromatic carbocycles. The third-order valence-electron chi connectivity index (χ3n) is 3.46. The highest BCUT2D eigenvalue weighted by Gasteiger charge is 2.32. The van der Waals surface area contributed by atoms with E-state index < -0.39 is 11.9 Å². The second kappa shape index (κ2) is 4.94. The number of rotatable bonds is 2. The standard InChI is InChI=1S/C12H22N2O3/c1-8(12(2,3)4)13-11(17)14-6-5-9(7-14)10(15)16/h8-9H,5-7H2,1-4H3,(H,13,17)(H,15,16). The Morgan fingerprint density at radius 1 is 1.41 bits per heavy atom. The van der Waals surface area contributed by atoms with E-state index in [4.69, 9.17) is 5.11 Å². The van der Waals surface area contributed by atoms with Gasteiger partial charge in [-0.3, -0.25) is 4.79 Å². The Bertz CT molecular complexity index is 309. The van der Waals surface area contributed by atoms with Gasteiger partial charge in [0.05, 0.1) is 5.92 Å². The molecule has 1 saturated heterocycles. The Balaban J connectivity index is 2.48. The van der Waals surface area contributed by atoms with Crippen LogP contribution >= 0.6 is 0 Å². The van der Waals surface area contributed by atoms with Crippen LogP contribution in [0.1, 0.15) is 34.1 Å². The maximum atomic E-state index is 11.9. The van der Waals surface area contributed by atoms with Gasteiger partial charge in [0, 0.05) is 19.1 Å². The maximum Gasteiger partial charge on any atom is 0.317 e. The molecular weight excluding hydrogens is 220 g/mol. The Hall–Kier alpha value is -1.26. The van der Waals surface area contributed by atoms with Crippen molar-refractivity contribution in [1.29, 1.82) is 0 Å². The average molecular weight is 242 g/mol. The number of carboxylic acid groups (broad SMARTS) is 1. The highest BCUT2D eigenvalue weighted by Crippen LogP contribution is 2.20. The third kappa shape index (κ3) is 3.61. The first-order valence-electron chi connectivity index (χ1n) is 6.00. The minimum absolute atomic E-state index is 0.00157. The topological polar surface area (TPSA) is 69.6 Å². The predicted octanol–water partition coefficient (Wildman–Crippen LogP) is 1.54. The van der Waals surface area contributed by atoms with Crippen LogP contribution in [-0.2, 0) is 4.79 Å². The quantitative estimate of drug-likeness (QED) is 0.771. The van der Waals surface area contributed by atoms with Crippen LogP contribution in [-0.4, -0.2) is 41.1 Å². The number of hydrogen-bond donors (Lipinski definition) is 2. The van der Waals surface area contributed by atoms with Crippen LogP contribution < -0.4 is 5.32 Å². The summed E-state index contributed by atoms with van der Waals surface area (Å²) in [4.78, 5) is 24.3. The minimum Gasteiger partial charge on any atom is -0.481 e. The number of urea groups is 1. The molecule has 0 bridgehead atoms. The van der Waals surface area contributed by atoms with Gasteiger partial charge in [0.25, 0.3) is 0 Å². The van der Waals surface area contributed by atoms with Crippen LogP contribution in [0.15, 0.2) is 0 Å². The number of likely N-dealkylation sites (tertiary alicyclic amines) is 1. The summed E-state index contributed by atoms with van der Waals surface area (Å²) in [6.45, 7) is 8.98. The number of hydrogen-bond acceptors (Lipinski definition) is 2. The zero-order valence-corrected chi connectivity index (χ0v) is 11.0. The van der Waals surface area contributed by atoms with Crippen molar-refractivity contribution >= 4 is 12.0 Å². The number of carbonyl (C=O) groups is 2. The lowest BCUT2D eigenvalue weighted by Gasteiger charge is -2.30. The van der Waals surface area contributed by atoms with Gasteiger partial charge in [-0.1, -0.05) is 20.8 Å². The van der Waals surface area contributed by atoms with Gasteiger partial charge in [0.15, 0.2) is 0 Å². The fourth-order valence-electron chi connectivity index (χ4n) is 1.64. The molecule has 2 unspecified atom stereocenters. The molecule has 5 nitrogen and oxygen atoms in total. The number of nitrogens with zero attached hydrogens (tertiary/aromatic N) is 1. The van der Waals surface area contributed by atoms with Gasteiger partial charge in [-0.15, -0.1) is 0 Å². The number of nitrogens with one attached hydrogen (secondary N) is 1. The van der Waals surface area contributed by atoms with Crippen molar-refractivity contribution in [3.8, 4) is 0 Å². The van der Waals surface area contributed by atoms with E-state index in [1.165, 1.54) is 0 Å². The van der Waals surface area contributed by atoms with Gasteiger partial charge in [0.1, 0.15) is 0 Å². The smallest absolute Gasteiger partial charge is 0.317 e. The van der Waals surface area contributed by atoms with E-state index >= 15 is 0 Å². The molecule has 0 radical (unpaired) electrons. The lowest BCUT2D eigenvalue weighted by Crippen LogP contribution is -2.47. The second-order valence-electron chi connectivity index (χ2n) is 5.81. The lowest BCUT2D eigenvalue weighted by molar-refractivity contribution is -0.141. The first-order chi connectivity index (χ1) is 7.71. The summed E-state index contributed by atoms with van der Waals surface area (Å²) < 4.78 is 0. The molecule has 0 spiro atoms. The van der Waals surface area contributed by atoms with Gasteiger partial charge in [-0.2, -0.15) is 0 Å². The van der Waals surface area contributed by atoms with Gasteiger partial charge in [-0.25, -0.2) is 4.79 Å². The van der Waals surface area contributed by atoms with E-state index in [0.29, 0.717) is 19.5 Å². The molecule has 0 aliphatic carbocycles. The lowest BCUT2D eigenvalue weighted by atomic mass is 9.88. The van der Waals surface area contributed by atoms with Crippen molar-refractivity contribution in [2.75, 3.05) is 13.1 Å². The van der Waals surface area contributed by atoms with Crippen LogP contribution in [0.5, 0.6) is 0 Å².